The van der Waals surface area contributed by atoms with Crippen LogP contribution in [0, 0.1) is 6.92 Å². The summed E-state index contributed by atoms with van der Waals surface area (Å²) in [6.45, 7) is 1.84. The van der Waals surface area contributed by atoms with Gasteiger partial charge in [0.25, 0.3) is 0 Å². The van der Waals surface area contributed by atoms with Crippen molar-refractivity contribution in [2.45, 2.75) is 13.3 Å². The van der Waals surface area contributed by atoms with E-state index in [-0.39, 0.29) is 5.69 Å². The van der Waals surface area contributed by atoms with E-state index in [9.17, 15) is 23.1 Å². The van der Waals surface area contributed by atoms with Crippen LogP contribution in [-0.4, -0.2) is 39.3 Å². The number of hydrogen-bond acceptors (Lipinski definition) is 6. The summed E-state index contributed by atoms with van der Waals surface area (Å²) >= 11 is 0. The third-order valence-corrected chi connectivity index (χ3v) is 4.98. The van der Waals surface area contributed by atoms with Gasteiger partial charge < -0.3 is 19.9 Å². The predicted octanol–water partition coefficient (Wildman–Crippen LogP) is 5.59. The fourth-order valence-electron chi connectivity index (χ4n) is 3.40. The van der Waals surface area contributed by atoms with Crippen molar-refractivity contribution in [3.63, 3.8) is 0 Å². The van der Waals surface area contributed by atoms with E-state index in [0.717, 1.165) is 23.3 Å². The normalized spacial score (nSPS) is 11.2. The molecule has 0 amide bonds. The first kappa shape index (κ1) is 23.6. The monoisotopic (exact) mass is 484 g/mol. The minimum absolute atomic E-state index is 0.0407. The van der Waals surface area contributed by atoms with E-state index in [4.69, 9.17) is 4.74 Å². The number of carboxylic acid groups (broad SMARTS) is 1. The Kier molecular flexibility index (Phi) is 6.32. The van der Waals surface area contributed by atoms with Crippen LogP contribution in [0.15, 0.2) is 66.9 Å². The van der Waals surface area contributed by atoms with Gasteiger partial charge in [-0.2, -0.15) is 9.78 Å². The molecule has 0 unspecified atom stereocenters. The van der Waals surface area contributed by atoms with Crippen LogP contribution in [0.3, 0.4) is 0 Å². The number of rotatable bonds is 7. The minimum Gasteiger partial charge on any atom is -0.497 e. The molecule has 2 heterocycles. The highest BCUT2D eigenvalue weighted by atomic mass is 19.4. The molecule has 0 bridgehead atoms. The number of anilines is 2. The molecule has 2 aromatic heterocycles. The molecule has 8 nitrogen and oxygen atoms in total. The molecule has 2 aromatic carbocycles. The van der Waals surface area contributed by atoms with Crippen molar-refractivity contribution in [3.05, 3.63) is 78.0 Å². The molecule has 35 heavy (non-hydrogen) atoms. The number of nitrogens with one attached hydrogen (secondary N) is 1. The summed E-state index contributed by atoms with van der Waals surface area (Å²) < 4.78 is 48.5. The molecular weight excluding hydrogens is 465 g/mol. The second-order valence-corrected chi connectivity index (χ2v) is 7.39. The van der Waals surface area contributed by atoms with Gasteiger partial charge in [0.1, 0.15) is 17.3 Å². The maximum absolute atomic E-state index is 12.6. The summed E-state index contributed by atoms with van der Waals surface area (Å²) in [6.07, 6.45) is -3.36. The molecule has 180 valence electrons. The van der Waals surface area contributed by atoms with Crippen LogP contribution < -0.4 is 14.8 Å². The van der Waals surface area contributed by atoms with Crippen molar-refractivity contribution in [2.24, 2.45) is 0 Å². The number of aromatic nitrogens is 3. The largest absolute Gasteiger partial charge is 0.573 e. The Bertz CT molecular complexity index is 1390. The van der Waals surface area contributed by atoms with Gasteiger partial charge in [-0.25, -0.2) is 9.78 Å². The van der Waals surface area contributed by atoms with Crippen LogP contribution in [0.5, 0.6) is 11.5 Å². The Hall–Kier alpha value is -4.54. The van der Waals surface area contributed by atoms with Gasteiger partial charge in [0.2, 0.25) is 0 Å². The number of benzene rings is 2. The summed E-state index contributed by atoms with van der Waals surface area (Å²) in [7, 11) is 1.54. The minimum atomic E-state index is -4.95. The lowest BCUT2D eigenvalue weighted by atomic mass is 10.1. The number of aromatic carboxylic acids is 1. The average Bonchev–Trinajstić information content (AvgIpc) is 3.23. The van der Waals surface area contributed by atoms with Gasteiger partial charge in [-0.05, 0) is 48.9 Å². The van der Waals surface area contributed by atoms with E-state index < -0.39 is 23.6 Å². The number of pyridine rings is 1. The lowest BCUT2D eigenvalue weighted by Gasteiger charge is -2.14. The number of ether oxygens (including phenoxy) is 2. The number of carboxylic acids is 1. The molecule has 0 saturated carbocycles. The van der Waals surface area contributed by atoms with Crippen LogP contribution in [-0.2, 0) is 0 Å². The number of methoxy groups -OCH3 is 1. The molecule has 0 radical (unpaired) electrons. The van der Waals surface area contributed by atoms with Crippen molar-refractivity contribution in [3.8, 4) is 28.6 Å². The van der Waals surface area contributed by atoms with Crippen LogP contribution in [0.4, 0.5) is 24.7 Å². The Balaban J connectivity index is 1.81. The molecule has 0 saturated heterocycles. The maximum Gasteiger partial charge on any atom is 0.573 e. The lowest BCUT2D eigenvalue weighted by Crippen LogP contribution is -2.17. The summed E-state index contributed by atoms with van der Waals surface area (Å²) in [4.78, 5) is 16.2. The van der Waals surface area contributed by atoms with E-state index in [0.29, 0.717) is 23.1 Å². The molecule has 0 aliphatic carbocycles. The first-order valence-electron chi connectivity index (χ1n) is 10.2. The smallest absolute Gasteiger partial charge is 0.497 e. The van der Waals surface area contributed by atoms with Gasteiger partial charge in [0.05, 0.1) is 24.1 Å². The SMILES string of the molecule is COc1cccc(-c2cc(Nc3ccc(OC(F)(F)F)cc3C(=O)O)n(-c3ncccc3C)n2)c1. The van der Waals surface area contributed by atoms with Gasteiger partial charge in [-0.3, -0.25) is 0 Å². The lowest BCUT2D eigenvalue weighted by molar-refractivity contribution is -0.274. The standard InChI is InChI=1S/C24H19F3N4O4/c1-14-5-4-10-28-22(14)31-21(13-20(30-31)15-6-3-7-16(11-15)34-2)29-19-9-8-17(35-24(25,26)27)12-18(19)23(32)33/h3-13,29H,1-2H3,(H,32,33). The number of aryl methyl sites for hydroxylation is 1. The van der Waals surface area contributed by atoms with Gasteiger partial charge >= 0.3 is 12.3 Å². The zero-order chi connectivity index (χ0) is 25.2. The van der Waals surface area contributed by atoms with Gasteiger partial charge in [-0.15, -0.1) is 13.2 Å². The molecule has 4 rings (SSSR count). The van der Waals surface area contributed by atoms with Crippen LogP contribution in [0.25, 0.3) is 17.1 Å². The van der Waals surface area contributed by atoms with Crippen molar-refractivity contribution >= 4 is 17.5 Å². The topological polar surface area (TPSA) is 98.5 Å². The summed E-state index contributed by atoms with van der Waals surface area (Å²) in [5.74, 6) is -0.636. The summed E-state index contributed by atoms with van der Waals surface area (Å²) in [5.41, 5.74) is 1.68. The quantitative estimate of drug-likeness (QED) is 0.353. The van der Waals surface area contributed by atoms with Crippen molar-refractivity contribution in [1.29, 1.82) is 0 Å². The maximum atomic E-state index is 12.6. The third kappa shape index (κ3) is 5.35. The second-order valence-electron chi connectivity index (χ2n) is 7.39. The van der Waals surface area contributed by atoms with Crippen molar-refractivity contribution in [2.75, 3.05) is 12.4 Å². The van der Waals surface area contributed by atoms with E-state index in [1.165, 1.54) is 10.7 Å². The summed E-state index contributed by atoms with van der Waals surface area (Å²) in [6, 6.07) is 15.5. The van der Waals surface area contributed by atoms with Gasteiger partial charge in [0.15, 0.2) is 5.82 Å². The van der Waals surface area contributed by atoms with E-state index in [1.807, 2.05) is 19.1 Å². The number of nitrogens with zero attached hydrogens (tertiary/aromatic N) is 3. The Morgan fingerprint density at radius 1 is 1.06 bits per heavy atom. The Labute approximate surface area is 197 Å². The first-order valence-corrected chi connectivity index (χ1v) is 10.2. The van der Waals surface area contributed by atoms with Crippen LogP contribution in [0.2, 0.25) is 0 Å². The average molecular weight is 484 g/mol. The molecule has 0 spiro atoms. The molecule has 4 aromatic rings. The summed E-state index contributed by atoms with van der Waals surface area (Å²) in [5, 5.41) is 17.2. The molecule has 0 aliphatic heterocycles. The van der Waals surface area contributed by atoms with Gasteiger partial charge in [0, 0.05) is 17.8 Å². The van der Waals surface area contributed by atoms with Crippen molar-refractivity contribution < 1.29 is 32.5 Å². The third-order valence-electron chi connectivity index (χ3n) is 4.98. The number of alkyl halides is 3. The molecular formula is C24H19F3N4O4. The number of hydrogen-bond donors (Lipinski definition) is 2. The highest BCUT2D eigenvalue weighted by molar-refractivity contribution is 5.95. The van der Waals surface area contributed by atoms with E-state index in [1.54, 1.807) is 43.6 Å². The van der Waals surface area contributed by atoms with Gasteiger partial charge in [-0.1, -0.05) is 18.2 Å². The number of halogens is 3. The highest BCUT2D eigenvalue weighted by Gasteiger charge is 2.31. The zero-order valence-electron chi connectivity index (χ0n) is 18.5. The van der Waals surface area contributed by atoms with Crippen LogP contribution >= 0.6 is 0 Å². The number of carbonyl (C=O) groups is 1. The highest BCUT2D eigenvalue weighted by Crippen LogP contribution is 2.32. The zero-order valence-corrected chi connectivity index (χ0v) is 18.5. The van der Waals surface area contributed by atoms with Crippen LogP contribution in [0.1, 0.15) is 15.9 Å². The molecule has 0 fully saturated rings. The molecule has 2 N–H and O–H groups in total. The first-order chi connectivity index (χ1) is 16.6. The fourth-order valence-corrected chi connectivity index (χ4v) is 3.40. The molecule has 0 aliphatic rings. The molecule has 0 atom stereocenters. The molecule has 11 heteroatoms. The predicted molar refractivity (Wildman–Crippen MR) is 121 cm³/mol. The van der Waals surface area contributed by atoms with E-state index in [2.05, 4.69) is 20.1 Å². The van der Waals surface area contributed by atoms with Crippen molar-refractivity contribution in [1.82, 2.24) is 14.8 Å². The Morgan fingerprint density at radius 2 is 1.86 bits per heavy atom. The second kappa shape index (κ2) is 9.37. The Morgan fingerprint density at radius 3 is 2.54 bits per heavy atom. The van der Waals surface area contributed by atoms with E-state index >= 15 is 0 Å². The fraction of sp³-hybridized carbons (Fsp3) is 0.125.